The van der Waals surface area contributed by atoms with Crippen LogP contribution in [0.4, 0.5) is 0 Å². The smallest absolute Gasteiger partial charge is 0.242 e. The molecule has 0 unspecified atom stereocenters. The number of para-hydroxylation sites is 1. The Balaban J connectivity index is 2.46. The fourth-order valence-corrected chi connectivity index (χ4v) is 2.26. The molecule has 0 atom stereocenters. The van der Waals surface area contributed by atoms with Crippen molar-refractivity contribution >= 4 is 28.5 Å². The first kappa shape index (κ1) is 15.6. The minimum atomic E-state index is 0.000506. The van der Waals surface area contributed by atoms with E-state index in [0.29, 0.717) is 12.4 Å². The summed E-state index contributed by atoms with van der Waals surface area (Å²) in [7, 11) is 3.47. The molecule has 0 saturated carbocycles. The van der Waals surface area contributed by atoms with Gasteiger partial charge < -0.3 is 14.2 Å². The van der Waals surface area contributed by atoms with Gasteiger partial charge in [0.15, 0.2) is 0 Å². The van der Waals surface area contributed by atoms with Crippen molar-refractivity contribution in [2.24, 2.45) is 0 Å². The van der Waals surface area contributed by atoms with Gasteiger partial charge in [-0.15, -0.1) is 11.6 Å². The van der Waals surface area contributed by atoms with E-state index in [1.807, 2.05) is 22.8 Å². The van der Waals surface area contributed by atoms with E-state index in [0.717, 1.165) is 23.2 Å². The molecular weight excluding hydrogens is 290 g/mol. The molecule has 2 aromatic rings. The molecule has 21 heavy (non-hydrogen) atoms. The number of likely N-dealkylation sites (N-methyl/N-ethyl adjacent to an activating group) is 1. The third-order valence-electron chi connectivity index (χ3n) is 3.19. The normalized spacial score (nSPS) is 10.9. The van der Waals surface area contributed by atoms with Crippen LogP contribution >= 0.6 is 11.6 Å². The van der Waals surface area contributed by atoms with Gasteiger partial charge in [0, 0.05) is 14.1 Å². The largest absolute Gasteiger partial charge is 0.491 e. The van der Waals surface area contributed by atoms with E-state index in [9.17, 15) is 4.79 Å². The predicted molar refractivity (Wildman–Crippen MR) is 83.8 cm³/mol. The maximum Gasteiger partial charge on any atom is 0.242 e. The second-order valence-corrected chi connectivity index (χ2v) is 5.28. The van der Waals surface area contributed by atoms with Crippen molar-refractivity contribution in [1.29, 1.82) is 0 Å². The molecule has 0 aliphatic rings. The molecule has 0 aliphatic heterocycles. The molecule has 0 saturated heterocycles. The number of halogens is 1. The zero-order chi connectivity index (χ0) is 15.4. The summed E-state index contributed by atoms with van der Waals surface area (Å²) in [5.41, 5.74) is 1.63. The van der Waals surface area contributed by atoms with Crippen LogP contribution in [-0.2, 0) is 17.2 Å². The fraction of sp³-hybridized carbons (Fsp3) is 0.467. The molecule has 5 nitrogen and oxygen atoms in total. The lowest BCUT2D eigenvalue weighted by Crippen LogP contribution is -2.26. The summed E-state index contributed by atoms with van der Waals surface area (Å²) in [5.74, 6) is 1.66. The molecule has 0 fully saturated rings. The van der Waals surface area contributed by atoms with Crippen molar-refractivity contribution in [1.82, 2.24) is 14.5 Å². The maximum absolute atomic E-state index is 12.0. The summed E-state index contributed by atoms with van der Waals surface area (Å²) in [6, 6.07) is 5.73. The lowest BCUT2D eigenvalue weighted by atomic mass is 10.3. The van der Waals surface area contributed by atoms with Gasteiger partial charge in [-0.2, -0.15) is 0 Å². The number of aromatic nitrogens is 2. The highest BCUT2D eigenvalue weighted by Gasteiger charge is 2.16. The molecule has 1 aromatic heterocycles. The first-order valence-electron chi connectivity index (χ1n) is 6.95. The SMILES string of the molecule is CCCOc1cccc2c1nc(CCl)n2CC(=O)N(C)C. The lowest BCUT2D eigenvalue weighted by Gasteiger charge is -2.13. The average Bonchev–Trinajstić information content (AvgIpc) is 2.83. The molecule has 0 radical (unpaired) electrons. The van der Waals surface area contributed by atoms with Crippen LogP contribution in [0.25, 0.3) is 11.0 Å². The van der Waals surface area contributed by atoms with E-state index in [2.05, 4.69) is 11.9 Å². The van der Waals surface area contributed by atoms with Crippen molar-refractivity contribution in [2.45, 2.75) is 25.8 Å². The topological polar surface area (TPSA) is 47.4 Å². The Hall–Kier alpha value is -1.75. The Morgan fingerprint density at radius 3 is 2.81 bits per heavy atom. The van der Waals surface area contributed by atoms with Crippen LogP contribution in [0, 0.1) is 0 Å². The van der Waals surface area contributed by atoms with Gasteiger partial charge >= 0.3 is 0 Å². The van der Waals surface area contributed by atoms with E-state index in [4.69, 9.17) is 16.3 Å². The number of alkyl halides is 1. The summed E-state index contributed by atoms with van der Waals surface area (Å²) in [5, 5.41) is 0. The number of rotatable bonds is 6. The van der Waals surface area contributed by atoms with Crippen molar-refractivity contribution in [2.75, 3.05) is 20.7 Å². The maximum atomic E-state index is 12.0. The predicted octanol–water partition coefficient (Wildman–Crippen LogP) is 2.65. The minimum absolute atomic E-state index is 0.000506. The molecule has 1 heterocycles. The van der Waals surface area contributed by atoms with E-state index in [1.165, 1.54) is 0 Å². The molecule has 2 rings (SSSR count). The van der Waals surface area contributed by atoms with Crippen molar-refractivity contribution in [3.05, 3.63) is 24.0 Å². The van der Waals surface area contributed by atoms with Crippen molar-refractivity contribution in [3.63, 3.8) is 0 Å². The molecule has 0 spiro atoms. The number of fused-ring (bicyclic) bond motifs is 1. The summed E-state index contributed by atoms with van der Waals surface area (Å²) < 4.78 is 7.57. The average molecular weight is 310 g/mol. The number of hydrogen-bond donors (Lipinski definition) is 0. The zero-order valence-corrected chi connectivity index (χ0v) is 13.4. The van der Waals surface area contributed by atoms with Gasteiger partial charge in [0.1, 0.15) is 23.6 Å². The zero-order valence-electron chi connectivity index (χ0n) is 12.6. The second-order valence-electron chi connectivity index (χ2n) is 5.01. The highest BCUT2D eigenvalue weighted by Crippen LogP contribution is 2.27. The standard InChI is InChI=1S/C15H20ClN3O2/c1-4-8-21-12-7-5-6-11-15(12)17-13(9-16)19(11)10-14(20)18(2)3/h5-7H,4,8-10H2,1-3H3. The second kappa shape index (κ2) is 6.80. The third kappa shape index (κ3) is 3.29. The van der Waals surface area contributed by atoms with Gasteiger partial charge in [-0.3, -0.25) is 4.79 Å². The Morgan fingerprint density at radius 1 is 1.43 bits per heavy atom. The van der Waals surface area contributed by atoms with Crippen LogP contribution < -0.4 is 4.74 Å². The Labute approximate surface area is 129 Å². The number of ether oxygens (including phenoxy) is 1. The van der Waals surface area contributed by atoms with Crippen molar-refractivity contribution in [3.8, 4) is 5.75 Å². The summed E-state index contributed by atoms with van der Waals surface area (Å²) in [4.78, 5) is 18.1. The highest BCUT2D eigenvalue weighted by atomic mass is 35.5. The Morgan fingerprint density at radius 2 is 2.19 bits per heavy atom. The molecule has 1 amide bonds. The fourth-order valence-electron chi connectivity index (χ4n) is 2.05. The Bertz CT molecular complexity index is 637. The highest BCUT2D eigenvalue weighted by molar-refractivity contribution is 6.17. The molecule has 0 bridgehead atoms. The summed E-state index contributed by atoms with van der Waals surface area (Å²) in [6.07, 6.45) is 0.929. The number of nitrogens with zero attached hydrogens (tertiary/aromatic N) is 3. The van der Waals surface area contributed by atoms with E-state index in [-0.39, 0.29) is 18.3 Å². The Kier molecular flexibility index (Phi) is 5.07. The number of carbonyl (C=O) groups excluding carboxylic acids is 1. The van der Waals surface area contributed by atoms with Crippen LogP contribution in [0.15, 0.2) is 18.2 Å². The molecule has 1 aromatic carbocycles. The number of amides is 1. The molecule has 114 valence electrons. The van der Waals surface area contributed by atoms with Gasteiger partial charge in [0.05, 0.1) is 18.0 Å². The minimum Gasteiger partial charge on any atom is -0.491 e. The van der Waals surface area contributed by atoms with E-state index < -0.39 is 0 Å². The number of benzene rings is 1. The summed E-state index contributed by atoms with van der Waals surface area (Å²) >= 11 is 5.97. The van der Waals surface area contributed by atoms with Gasteiger partial charge in [-0.1, -0.05) is 13.0 Å². The number of imidazole rings is 1. The van der Waals surface area contributed by atoms with Gasteiger partial charge in [-0.25, -0.2) is 4.98 Å². The van der Waals surface area contributed by atoms with Crippen LogP contribution in [0.3, 0.4) is 0 Å². The molecule has 6 heteroatoms. The van der Waals surface area contributed by atoms with Crippen LogP contribution in [0.1, 0.15) is 19.2 Å². The van der Waals surface area contributed by atoms with Crippen LogP contribution in [0.2, 0.25) is 0 Å². The monoisotopic (exact) mass is 309 g/mol. The first-order chi connectivity index (χ1) is 10.1. The summed E-state index contributed by atoms with van der Waals surface area (Å²) in [6.45, 7) is 2.92. The van der Waals surface area contributed by atoms with Crippen LogP contribution in [0.5, 0.6) is 5.75 Å². The van der Waals surface area contributed by atoms with Crippen LogP contribution in [-0.4, -0.2) is 41.1 Å². The van der Waals surface area contributed by atoms with Crippen molar-refractivity contribution < 1.29 is 9.53 Å². The molecule has 0 N–H and O–H groups in total. The van der Waals surface area contributed by atoms with Gasteiger partial charge in [0.2, 0.25) is 5.91 Å². The van der Waals surface area contributed by atoms with E-state index in [1.54, 1.807) is 19.0 Å². The van der Waals surface area contributed by atoms with Gasteiger partial charge in [0.25, 0.3) is 0 Å². The lowest BCUT2D eigenvalue weighted by molar-refractivity contribution is -0.129. The number of carbonyl (C=O) groups is 1. The third-order valence-corrected chi connectivity index (χ3v) is 3.43. The molecule has 0 aliphatic carbocycles. The molecular formula is C15H20ClN3O2. The first-order valence-corrected chi connectivity index (χ1v) is 7.49. The van der Waals surface area contributed by atoms with Gasteiger partial charge in [-0.05, 0) is 18.6 Å². The quantitative estimate of drug-likeness (QED) is 0.771. The van der Waals surface area contributed by atoms with E-state index >= 15 is 0 Å². The number of hydrogen-bond acceptors (Lipinski definition) is 3.